The Morgan fingerprint density at radius 2 is 2.12 bits per heavy atom. The molecular weight excluding hydrogens is 220 g/mol. The second kappa shape index (κ2) is 5.89. The highest BCUT2D eigenvalue weighted by Gasteiger charge is 2.18. The molecule has 3 nitrogen and oxygen atoms in total. The van der Waals surface area contributed by atoms with Gasteiger partial charge in [0, 0.05) is 6.04 Å². The third-order valence-electron chi connectivity index (χ3n) is 3.02. The first kappa shape index (κ1) is 13.0. The number of hydrogen-bond donors (Lipinski definition) is 2. The molecular formula is C12H20N2OS. The standard InChI is InChI=1S/C12H20N2OS/c1-4-9(5-2)8(3)14-12(15)11-10(13)6-7-16-11/h6-9H,4-5,13H2,1-3H3,(H,14,15). The van der Waals surface area contributed by atoms with E-state index >= 15 is 0 Å². The second-order valence-corrected chi connectivity index (χ2v) is 4.96. The average molecular weight is 240 g/mol. The summed E-state index contributed by atoms with van der Waals surface area (Å²) < 4.78 is 0. The van der Waals surface area contributed by atoms with Crippen molar-refractivity contribution in [1.82, 2.24) is 5.32 Å². The van der Waals surface area contributed by atoms with Crippen molar-refractivity contribution in [2.75, 3.05) is 5.73 Å². The van der Waals surface area contributed by atoms with Gasteiger partial charge in [0.2, 0.25) is 0 Å². The molecule has 1 amide bonds. The summed E-state index contributed by atoms with van der Waals surface area (Å²) >= 11 is 1.39. The van der Waals surface area contributed by atoms with Crippen LogP contribution in [0.4, 0.5) is 5.69 Å². The van der Waals surface area contributed by atoms with Crippen LogP contribution in [0.5, 0.6) is 0 Å². The molecule has 0 saturated heterocycles. The maximum atomic E-state index is 11.9. The second-order valence-electron chi connectivity index (χ2n) is 4.04. The van der Waals surface area contributed by atoms with Gasteiger partial charge in [-0.25, -0.2) is 0 Å². The van der Waals surface area contributed by atoms with E-state index in [0.29, 0.717) is 16.5 Å². The molecule has 90 valence electrons. The number of anilines is 1. The van der Waals surface area contributed by atoms with Crippen molar-refractivity contribution in [2.24, 2.45) is 5.92 Å². The van der Waals surface area contributed by atoms with Gasteiger partial charge in [0.15, 0.2) is 0 Å². The predicted octanol–water partition coefficient (Wildman–Crippen LogP) is 2.88. The Bertz CT molecular complexity index is 345. The number of thiophene rings is 1. The van der Waals surface area contributed by atoms with Crippen LogP contribution in [0.25, 0.3) is 0 Å². The molecule has 1 rings (SSSR count). The molecule has 1 atom stereocenters. The van der Waals surface area contributed by atoms with Crippen LogP contribution in [-0.2, 0) is 0 Å². The average Bonchev–Trinajstić information content (AvgIpc) is 2.66. The molecule has 0 saturated carbocycles. The Kier molecular flexibility index (Phi) is 4.80. The van der Waals surface area contributed by atoms with E-state index < -0.39 is 0 Å². The molecule has 16 heavy (non-hydrogen) atoms. The monoisotopic (exact) mass is 240 g/mol. The minimum absolute atomic E-state index is 0.0492. The highest BCUT2D eigenvalue weighted by molar-refractivity contribution is 7.12. The molecule has 1 unspecified atom stereocenters. The lowest BCUT2D eigenvalue weighted by molar-refractivity contribution is 0.0930. The van der Waals surface area contributed by atoms with Crippen molar-refractivity contribution in [3.8, 4) is 0 Å². The summed E-state index contributed by atoms with van der Waals surface area (Å²) in [5.74, 6) is 0.483. The van der Waals surface area contributed by atoms with E-state index in [1.54, 1.807) is 6.07 Å². The first-order chi connectivity index (χ1) is 7.60. The fourth-order valence-corrected chi connectivity index (χ4v) is 2.61. The lowest BCUT2D eigenvalue weighted by Gasteiger charge is -2.22. The van der Waals surface area contributed by atoms with Crippen LogP contribution in [0.1, 0.15) is 43.3 Å². The van der Waals surface area contributed by atoms with Crippen molar-refractivity contribution in [1.29, 1.82) is 0 Å². The third-order valence-corrected chi connectivity index (χ3v) is 3.95. The number of nitrogens with one attached hydrogen (secondary N) is 1. The fourth-order valence-electron chi connectivity index (χ4n) is 1.89. The minimum atomic E-state index is -0.0492. The van der Waals surface area contributed by atoms with E-state index in [-0.39, 0.29) is 11.9 Å². The number of nitrogens with two attached hydrogens (primary N) is 1. The summed E-state index contributed by atoms with van der Waals surface area (Å²) in [5, 5.41) is 4.86. The summed E-state index contributed by atoms with van der Waals surface area (Å²) in [7, 11) is 0. The third kappa shape index (κ3) is 2.98. The molecule has 1 aromatic rings. The zero-order chi connectivity index (χ0) is 12.1. The Labute approximate surface area is 101 Å². The molecule has 1 aromatic heterocycles. The zero-order valence-corrected chi connectivity index (χ0v) is 10.9. The summed E-state index contributed by atoms with van der Waals surface area (Å²) in [6.07, 6.45) is 2.16. The number of nitrogen functional groups attached to an aromatic ring is 1. The Morgan fingerprint density at radius 3 is 2.56 bits per heavy atom. The molecule has 0 aliphatic carbocycles. The Morgan fingerprint density at radius 1 is 1.50 bits per heavy atom. The summed E-state index contributed by atoms with van der Waals surface area (Å²) in [6, 6.07) is 1.96. The summed E-state index contributed by atoms with van der Waals surface area (Å²) in [4.78, 5) is 12.5. The van der Waals surface area contributed by atoms with Crippen molar-refractivity contribution >= 4 is 22.9 Å². The number of carbonyl (C=O) groups excluding carboxylic acids is 1. The molecule has 3 N–H and O–H groups in total. The van der Waals surface area contributed by atoms with Crippen molar-refractivity contribution in [2.45, 2.75) is 39.7 Å². The predicted molar refractivity (Wildman–Crippen MR) is 69.7 cm³/mol. The normalized spacial score (nSPS) is 12.8. The maximum absolute atomic E-state index is 11.9. The smallest absolute Gasteiger partial charge is 0.263 e. The van der Waals surface area contributed by atoms with Crippen LogP contribution >= 0.6 is 11.3 Å². The fraction of sp³-hybridized carbons (Fsp3) is 0.583. The molecule has 1 heterocycles. The molecule has 4 heteroatoms. The summed E-state index contributed by atoms with van der Waals surface area (Å²) in [6.45, 7) is 6.35. The lowest BCUT2D eigenvalue weighted by atomic mass is 9.95. The van der Waals surface area contributed by atoms with Gasteiger partial charge < -0.3 is 11.1 Å². The van der Waals surface area contributed by atoms with Gasteiger partial charge >= 0.3 is 0 Å². The van der Waals surface area contributed by atoms with Crippen molar-refractivity contribution in [3.63, 3.8) is 0 Å². The van der Waals surface area contributed by atoms with Gasteiger partial charge in [-0.15, -0.1) is 11.3 Å². The number of amides is 1. The molecule has 0 fully saturated rings. The number of carbonyl (C=O) groups is 1. The molecule has 0 bridgehead atoms. The van der Waals surface area contributed by atoms with Gasteiger partial charge in [-0.05, 0) is 24.3 Å². The number of hydrogen-bond acceptors (Lipinski definition) is 3. The topological polar surface area (TPSA) is 55.1 Å². The maximum Gasteiger partial charge on any atom is 0.263 e. The lowest BCUT2D eigenvalue weighted by Crippen LogP contribution is -2.37. The Balaban J connectivity index is 2.61. The van der Waals surface area contributed by atoms with Crippen molar-refractivity contribution in [3.05, 3.63) is 16.3 Å². The van der Waals surface area contributed by atoms with E-state index in [4.69, 9.17) is 5.73 Å². The van der Waals surface area contributed by atoms with Gasteiger partial charge in [-0.2, -0.15) is 0 Å². The van der Waals surface area contributed by atoms with Crippen LogP contribution in [0.3, 0.4) is 0 Å². The van der Waals surface area contributed by atoms with Gasteiger partial charge in [0.25, 0.3) is 5.91 Å². The highest BCUT2D eigenvalue weighted by atomic mass is 32.1. The molecule has 0 radical (unpaired) electrons. The zero-order valence-electron chi connectivity index (χ0n) is 10.1. The van der Waals surface area contributed by atoms with Gasteiger partial charge in [-0.1, -0.05) is 26.7 Å². The number of rotatable bonds is 5. The van der Waals surface area contributed by atoms with Crippen molar-refractivity contribution < 1.29 is 4.79 Å². The van der Waals surface area contributed by atoms with Crippen LogP contribution in [0.15, 0.2) is 11.4 Å². The van der Waals surface area contributed by atoms with Gasteiger partial charge in [0.1, 0.15) is 4.88 Å². The minimum Gasteiger partial charge on any atom is -0.397 e. The molecule has 0 aliphatic rings. The molecule has 0 spiro atoms. The molecule has 0 aliphatic heterocycles. The highest BCUT2D eigenvalue weighted by Crippen LogP contribution is 2.20. The quantitative estimate of drug-likeness (QED) is 0.831. The van der Waals surface area contributed by atoms with E-state index in [0.717, 1.165) is 12.8 Å². The first-order valence-corrected chi connectivity index (χ1v) is 6.61. The van der Waals surface area contributed by atoms with Crippen LogP contribution in [-0.4, -0.2) is 11.9 Å². The van der Waals surface area contributed by atoms with E-state index in [2.05, 4.69) is 26.1 Å². The van der Waals surface area contributed by atoms with Crippen LogP contribution in [0, 0.1) is 5.92 Å². The van der Waals surface area contributed by atoms with E-state index in [9.17, 15) is 4.79 Å². The van der Waals surface area contributed by atoms with Gasteiger partial charge in [-0.3, -0.25) is 4.79 Å². The van der Waals surface area contributed by atoms with E-state index in [1.165, 1.54) is 11.3 Å². The van der Waals surface area contributed by atoms with Gasteiger partial charge in [0.05, 0.1) is 5.69 Å². The summed E-state index contributed by atoms with van der Waals surface area (Å²) in [5.41, 5.74) is 6.28. The first-order valence-electron chi connectivity index (χ1n) is 5.73. The van der Waals surface area contributed by atoms with E-state index in [1.807, 2.05) is 5.38 Å². The Hall–Kier alpha value is -1.03. The van der Waals surface area contributed by atoms with Crippen LogP contribution < -0.4 is 11.1 Å². The SMILES string of the molecule is CCC(CC)C(C)NC(=O)c1sccc1N. The van der Waals surface area contributed by atoms with Crippen LogP contribution in [0.2, 0.25) is 0 Å². The molecule has 0 aromatic carbocycles. The largest absolute Gasteiger partial charge is 0.397 e.